The van der Waals surface area contributed by atoms with Gasteiger partial charge in [0.05, 0.1) is 5.56 Å². The van der Waals surface area contributed by atoms with E-state index in [1.807, 2.05) is 30.3 Å². The van der Waals surface area contributed by atoms with Gasteiger partial charge in [0, 0.05) is 50.1 Å². The first-order valence-corrected chi connectivity index (χ1v) is 10.9. The normalized spacial score (nSPS) is 14.3. The molecule has 0 N–H and O–H groups in total. The number of hydrogen-bond donors (Lipinski definition) is 0. The number of alkyl halides is 3. The molecule has 2 amide bonds. The topological polar surface area (TPSA) is 79.5 Å². The molecular formula is C24H23F3N4O3. The van der Waals surface area contributed by atoms with Gasteiger partial charge in [0.2, 0.25) is 17.7 Å². The Morgan fingerprint density at radius 3 is 2.32 bits per heavy atom. The number of carbonyl (C=O) groups excluding carboxylic acids is 2. The second-order valence-electron chi connectivity index (χ2n) is 7.97. The van der Waals surface area contributed by atoms with Crippen LogP contribution in [0.3, 0.4) is 0 Å². The van der Waals surface area contributed by atoms with E-state index in [1.165, 1.54) is 17.0 Å². The van der Waals surface area contributed by atoms with Crippen LogP contribution in [-0.2, 0) is 17.4 Å². The molecule has 2 heterocycles. The summed E-state index contributed by atoms with van der Waals surface area (Å²) in [5.74, 6) is 0.379. The van der Waals surface area contributed by atoms with Crippen molar-refractivity contribution in [2.45, 2.75) is 25.4 Å². The van der Waals surface area contributed by atoms with Gasteiger partial charge in [-0.1, -0.05) is 24.3 Å². The van der Waals surface area contributed by atoms with E-state index in [0.717, 1.165) is 17.7 Å². The molecule has 0 radical (unpaired) electrons. The number of amides is 2. The van der Waals surface area contributed by atoms with Gasteiger partial charge in [0.15, 0.2) is 0 Å². The predicted octanol–water partition coefficient (Wildman–Crippen LogP) is 4.06. The fourth-order valence-corrected chi connectivity index (χ4v) is 3.77. The van der Waals surface area contributed by atoms with Crippen LogP contribution in [0.2, 0.25) is 0 Å². The van der Waals surface area contributed by atoms with Gasteiger partial charge in [-0.25, -0.2) is 0 Å². The third-order valence-corrected chi connectivity index (χ3v) is 5.63. The molecule has 2 aromatic carbocycles. The molecule has 0 aliphatic carbocycles. The maximum atomic E-state index is 12.9. The number of aromatic nitrogens is 2. The van der Waals surface area contributed by atoms with Crippen molar-refractivity contribution in [2.75, 3.05) is 26.2 Å². The summed E-state index contributed by atoms with van der Waals surface area (Å²) in [5.41, 5.74) is -0.0387. The number of rotatable bonds is 6. The molecule has 1 fully saturated rings. The molecule has 0 unspecified atom stereocenters. The lowest BCUT2D eigenvalue weighted by molar-refractivity contribution is -0.137. The SMILES string of the molecule is O=C(CCCc1nnc(-c2ccccc2)o1)N1CCN(C(=O)c2cccc(C(F)(F)F)c2)CC1. The van der Waals surface area contributed by atoms with Gasteiger partial charge in [-0.2, -0.15) is 13.2 Å². The highest BCUT2D eigenvalue weighted by Crippen LogP contribution is 2.30. The number of benzene rings is 2. The highest BCUT2D eigenvalue weighted by molar-refractivity contribution is 5.94. The lowest BCUT2D eigenvalue weighted by Gasteiger charge is -2.35. The van der Waals surface area contributed by atoms with E-state index in [4.69, 9.17) is 4.42 Å². The van der Waals surface area contributed by atoms with Gasteiger partial charge < -0.3 is 14.2 Å². The van der Waals surface area contributed by atoms with Gasteiger partial charge in [0.1, 0.15) is 0 Å². The highest BCUT2D eigenvalue weighted by Gasteiger charge is 2.32. The van der Waals surface area contributed by atoms with Crippen LogP contribution >= 0.6 is 0 Å². The first-order chi connectivity index (χ1) is 16.3. The zero-order valence-corrected chi connectivity index (χ0v) is 18.3. The Bertz CT molecular complexity index is 1140. The summed E-state index contributed by atoms with van der Waals surface area (Å²) in [6, 6.07) is 13.8. The number of carbonyl (C=O) groups is 2. The molecule has 7 nitrogen and oxygen atoms in total. The molecule has 0 spiro atoms. The van der Waals surface area contributed by atoms with Gasteiger partial charge in [-0.3, -0.25) is 9.59 Å². The van der Waals surface area contributed by atoms with Crippen LogP contribution in [0.4, 0.5) is 13.2 Å². The predicted molar refractivity (Wildman–Crippen MR) is 117 cm³/mol. The lowest BCUT2D eigenvalue weighted by atomic mass is 10.1. The standard InChI is InChI=1S/C24H23F3N4O3/c25-24(26,27)19-9-4-8-18(16-19)23(33)31-14-12-30(13-15-31)21(32)11-5-10-20-28-29-22(34-20)17-6-2-1-3-7-17/h1-4,6-9,16H,5,10-15H2. The number of aryl methyl sites for hydroxylation is 1. The summed E-state index contributed by atoms with van der Waals surface area (Å²) in [4.78, 5) is 28.3. The largest absolute Gasteiger partial charge is 0.421 e. The molecule has 3 aromatic rings. The van der Waals surface area contributed by atoms with Crippen molar-refractivity contribution in [3.05, 3.63) is 71.6 Å². The van der Waals surface area contributed by atoms with Crippen molar-refractivity contribution in [3.8, 4) is 11.5 Å². The highest BCUT2D eigenvalue weighted by atomic mass is 19.4. The molecule has 1 saturated heterocycles. The summed E-state index contributed by atoms with van der Waals surface area (Å²) >= 11 is 0. The maximum Gasteiger partial charge on any atom is 0.416 e. The van der Waals surface area contributed by atoms with Gasteiger partial charge in [-0.15, -0.1) is 10.2 Å². The molecule has 10 heteroatoms. The summed E-state index contributed by atoms with van der Waals surface area (Å²) in [7, 11) is 0. The number of piperazine rings is 1. The fraction of sp³-hybridized carbons (Fsp3) is 0.333. The molecule has 0 atom stereocenters. The van der Waals surface area contributed by atoms with E-state index in [0.29, 0.717) is 44.1 Å². The summed E-state index contributed by atoms with van der Waals surface area (Å²) < 4.78 is 44.4. The summed E-state index contributed by atoms with van der Waals surface area (Å²) in [6.07, 6.45) is -3.20. The van der Waals surface area contributed by atoms with Gasteiger partial charge >= 0.3 is 6.18 Å². The summed E-state index contributed by atoms with van der Waals surface area (Å²) in [6.45, 7) is 1.21. The van der Waals surface area contributed by atoms with E-state index in [2.05, 4.69) is 10.2 Å². The molecule has 0 bridgehead atoms. The van der Waals surface area contributed by atoms with Crippen molar-refractivity contribution in [2.24, 2.45) is 0 Å². The fourth-order valence-electron chi connectivity index (χ4n) is 3.77. The number of nitrogens with zero attached hydrogens (tertiary/aromatic N) is 4. The zero-order valence-electron chi connectivity index (χ0n) is 18.3. The number of halogens is 3. The molecule has 34 heavy (non-hydrogen) atoms. The van der Waals surface area contributed by atoms with E-state index in [1.54, 1.807) is 4.90 Å². The second kappa shape index (κ2) is 10.1. The Balaban J connectivity index is 1.23. The minimum atomic E-state index is -4.51. The monoisotopic (exact) mass is 472 g/mol. The van der Waals surface area contributed by atoms with E-state index in [9.17, 15) is 22.8 Å². The Hall–Kier alpha value is -3.69. The van der Waals surface area contributed by atoms with Gasteiger partial charge in [0.25, 0.3) is 5.91 Å². The molecule has 178 valence electrons. The number of hydrogen-bond acceptors (Lipinski definition) is 5. The first kappa shape index (κ1) is 23.5. The molecule has 4 rings (SSSR count). The zero-order chi connectivity index (χ0) is 24.1. The first-order valence-electron chi connectivity index (χ1n) is 10.9. The van der Waals surface area contributed by atoms with Crippen LogP contribution in [0, 0.1) is 0 Å². The van der Waals surface area contributed by atoms with Crippen molar-refractivity contribution >= 4 is 11.8 Å². The molecule has 1 aromatic heterocycles. The molecular weight excluding hydrogens is 449 g/mol. The van der Waals surface area contributed by atoms with Crippen molar-refractivity contribution in [1.82, 2.24) is 20.0 Å². The van der Waals surface area contributed by atoms with Crippen LogP contribution in [0.1, 0.15) is 34.7 Å². The molecule has 1 aliphatic heterocycles. The average Bonchev–Trinajstić information content (AvgIpc) is 3.33. The Labute approximate surface area is 194 Å². The van der Waals surface area contributed by atoms with Crippen molar-refractivity contribution in [3.63, 3.8) is 0 Å². The quantitative estimate of drug-likeness (QED) is 0.541. The minimum Gasteiger partial charge on any atom is -0.421 e. The van der Waals surface area contributed by atoms with Crippen molar-refractivity contribution in [1.29, 1.82) is 0 Å². The van der Waals surface area contributed by atoms with Crippen LogP contribution < -0.4 is 0 Å². The Morgan fingerprint density at radius 1 is 0.912 bits per heavy atom. The van der Waals surface area contributed by atoms with E-state index in [-0.39, 0.29) is 24.6 Å². The van der Waals surface area contributed by atoms with Crippen LogP contribution in [0.15, 0.2) is 59.0 Å². The summed E-state index contributed by atoms with van der Waals surface area (Å²) in [5, 5.41) is 8.06. The van der Waals surface area contributed by atoms with Crippen molar-refractivity contribution < 1.29 is 27.2 Å². The maximum absolute atomic E-state index is 12.9. The Morgan fingerprint density at radius 2 is 1.62 bits per heavy atom. The Kier molecular flexibility index (Phi) is 6.95. The molecule has 0 saturated carbocycles. The smallest absolute Gasteiger partial charge is 0.416 e. The van der Waals surface area contributed by atoms with Crippen LogP contribution in [0.5, 0.6) is 0 Å². The molecule has 1 aliphatic rings. The van der Waals surface area contributed by atoms with E-state index < -0.39 is 17.6 Å². The second-order valence-corrected chi connectivity index (χ2v) is 7.97. The van der Waals surface area contributed by atoms with Crippen LogP contribution in [0.25, 0.3) is 11.5 Å². The van der Waals surface area contributed by atoms with Gasteiger partial charge in [-0.05, 0) is 36.8 Å². The minimum absolute atomic E-state index is 0.0102. The average molecular weight is 472 g/mol. The third-order valence-electron chi connectivity index (χ3n) is 5.63. The third kappa shape index (κ3) is 5.62. The lowest BCUT2D eigenvalue weighted by Crippen LogP contribution is -2.50. The van der Waals surface area contributed by atoms with Crippen LogP contribution in [-0.4, -0.2) is 58.0 Å². The van der Waals surface area contributed by atoms with E-state index >= 15 is 0 Å².